The van der Waals surface area contributed by atoms with Crippen molar-refractivity contribution >= 4 is 5.84 Å². The number of amidine groups is 1. The molecule has 1 unspecified atom stereocenters. The van der Waals surface area contributed by atoms with Gasteiger partial charge in [-0.3, -0.25) is 0 Å². The number of nitrogens with two attached hydrogens (primary N) is 1. The summed E-state index contributed by atoms with van der Waals surface area (Å²) in [5.74, 6) is 0.216. The smallest absolute Gasteiger partial charge is 0.143 e. The molecule has 0 saturated carbocycles. The normalized spacial score (nSPS) is 13.8. The molecule has 0 saturated heterocycles. The van der Waals surface area contributed by atoms with Crippen molar-refractivity contribution < 1.29 is 5.21 Å². The third kappa shape index (κ3) is 3.90. The van der Waals surface area contributed by atoms with Crippen molar-refractivity contribution in [1.29, 1.82) is 0 Å². The highest BCUT2D eigenvalue weighted by Gasteiger charge is 2.06. The fraction of sp³-hybridized carbons (Fsp3) is 0.444. The van der Waals surface area contributed by atoms with Gasteiger partial charge in [0.15, 0.2) is 0 Å². The SMILES string of the molecule is CC(CNCc1cccnn1)/C(N)=N/O. The summed E-state index contributed by atoms with van der Waals surface area (Å²) in [5, 5.41) is 22.2. The third-order valence-corrected chi connectivity index (χ3v) is 2.00. The molecule has 0 spiro atoms. The van der Waals surface area contributed by atoms with Crippen LogP contribution in [0.1, 0.15) is 12.6 Å². The van der Waals surface area contributed by atoms with Crippen molar-refractivity contribution in [2.75, 3.05) is 6.54 Å². The lowest BCUT2D eigenvalue weighted by Crippen LogP contribution is -2.31. The Bertz CT molecular complexity index is 314. The number of oxime groups is 1. The van der Waals surface area contributed by atoms with Crippen LogP contribution in [-0.4, -0.2) is 27.8 Å². The van der Waals surface area contributed by atoms with E-state index < -0.39 is 0 Å². The van der Waals surface area contributed by atoms with Gasteiger partial charge in [0, 0.05) is 25.2 Å². The van der Waals surface area contributed by atoms with Crippen molar-refractivity contribution in [1.82, 2.24) is 15.5 Å². The molecule has 0 aliphatic rings. The molecule has 0 bridgehead atoms. The number of hydrogen-bond donors (Lipinski definition) is 3. The highest BCUT2D eigenvalue weighted by atomic mass is 16.4. The van der Waals surface area contributed by atoms with E-state index >= 15 is 0 Å². The van der Waals surface area contributed by atoms with Crippen molar-refractivity contribution in [3.8, 4) is 0 Å². The number of hydrogen-bond acceptors (Lipinski definition) is 5. The molecule has 82 valence electrons. The lowest BCUT2D eigenvalue weighted by atomic mass is 10.1. The van der Waals surface area contributed by atoms with E-state index in [4.69, 9.17) is 10.9 Å². The van der Waals surface area contributed by atoms with E-state index in [-0.39, 0.29) is 11.8 Å². The Kier molecular flexibility index (Phi) is 4.49. The van der Waals surface area contributed by atoms with E-state index in [1.54, 1.807) is 6.20 Å². The molecule has 0 aliphatic carbocycles. The molecule has 0 fully saturated rings. The zero-order chi connectivity index (χ0) is 11.1. The Morgan fingerprint density at radius 1 is 1.73 bits per heavy atom. The summed E-state index contributed by atoms with van der Waals surface area (Å²) in [6.45, 7) is 3.13. The third-order valence-electron chi connectivity index (χ3n) is 2.00. The Balaban J connectivity index is 2.28. The first-order valence-electron chi connectivity index (χ1n) is 4.68. The number of nitrogens with one attached hydrogen (secondary N) is 1. The molecule has 0 amide bonds. The quantitative estimate of drug-likeness (QED) is 0.273. The van der Waals surface area contributed by atoms with Crippen LogP contribution in [0.3, 0.4) is 0 Å². The van der Waals surface area contributed by atoms with Gasteiger partial charge < -0.3 is 16.3 Å². The van der Waals surface area contributed by atoms with Gasteiger partial charge in [0.05, 0.1) is 5.69 Å². The molecular formula is C9H15N5O. The first-order chi connectivity index (χ1) is 7.24. The Labute approximate surface area is 88.2 Å². The summed E-state index contributed by atoms with van der Waals surface area (Å²) in [7, 11) is 0. The molecule has 1 rings (SSSR count). The molecular weight excluding hydrogens is 194 g/mol. The summed E-state index contributed by atoms with van der Waals surface area (Å²) >= 11 is 0. The van der Waals surface area contributed by atoms with E-state index in [1.165, 1.54) is 0 Å². The molecule has 1 heterocycles. The number of nitrogens with zero attached hydrogens (tertiary/aromatic N) is 3. The topological polar surface area (TPSA) is 96.4 Å². The second kappa shape index (κ2) is 5.92. The van der Waals surface area contributed by atoms with Gasteiger partial charge in [-0.2, -0.15) is 10.2 Å². The van der Waals surface area contributed by atoms with Gasteiger partial charge in [-0.25, -0.2) is 0 Å². The Morgan fingerprint density at radius 3 is 3.13 bits per heavy atom. The first-order valence-corrected chi connectivity index (χ1v) is 4.68. The van der Waals surface area contributed by atoms with Gasteiger partial charge >= 0.3 is 0 Å². The van der Waals surface area contributed by atoms with Crippen LogP contribution in [-0.2, 0) is 6.54 Å². The van der Waals surface area contributed by atoms with Crippen molar-refractivity contribution in [3.63, 3.8) is 0 Å². The van der Waals surface area contributed by atoms with Gasteiger partial charge in [0.2, 0.25) is 0 Å². The first kappa shape index (κ1) is 11.4. The molecule has 0 aromatic carbocycles. The zero-order valence-electron chi connectivity index (χ0n) is 8.59. The maximum atomic E-state index is 8.43. The van der Waals surface area contributed by atoms with Gasteiger partial charge in [0.1, 0.15) is 5.84 Å². The molecule has 6 nitrogen and oxygen atoms in total. The lowest BCUT2D eigenvalue weighted by Gasteiger charge is -2.10. The van der Waals surface area contributed by atoms with Gasteiger partial charge in [-0.05, 0) is 12.1 Å². The predicted molar refractivity (Wildman–Crippen MR) is 56.3 cm³/mol. The molecule has 1 aromatic rings. The van der Waals surface area contributed by atoms with Gasteiger partial charge in [0.25, 0.3) is 0 Å². The van der Waals surface area contributed by atoms with Gasteiger partial charge in [-0.1, -0.05) is 12.1 Å². The summed E-state index contributed by atoms with van der Waals surface area (Å²) < 4.78 is 0. The molecule has 6 heteroatoms. The van der Waals surface area contributed by atoms with Crippen molar-refractivity contribution in [2.45, 2.75) is 13.5 Å². The second-order valence-corrected chi connectivity index (χ2v) is 3.27. The van der Waals surface area contributed by atoms with Crippen LogP contribution in [0.15, 0.2) is 23.5 Å². The monoisotopic (exact) mass is 209 g/mol. The fourth-order valence-electron chi connectivity index (χ4n) is 1.05. The van der Waals surface area contributed by atoms with Crippen LogP contribution in [0.25, 0.3) is 0 Å². The fourth-order valence-corrected chi connectivity index (χ4v) is 1.05. The number of aromatic nitrogens is 2. The van der Waals surface area contributed by atoms with Crippen molar-refractivity contribution in [2.24, 2.45) is 16.8 Å². The molecule has 1 aromatic heterocycles. The van der Waals surface area contributed by atoms with E-state index in [9.17, 15) is 0 Å². The highest BCUT2D eigenvalue weighted by Crippen LogP contribution is 1.94. The highest BCUT2D eigenvalue weighted by molar-refractivity contribution is 5.82. The van der Waals surface area contributed by atoms with E-state index in [0.29, 0.717) is 13.1 Å². The summed E-state index contributed by atoms with van der Waals surface area (Å²) in [6.07, 6.45) is 1.63. The van der Waals surface area contributed by atoms with Crippen LogP contribution < -0.4 is 11.1 Å². The van der Waals surface area contributed by atoms with E-state index in [0.717, 1.165) is 5.69 Å². The Hall–Kier alpha value is -1.69. The summed E-state index contributed by atoms with van der Waals surface area (Å²) in [4.78, 5) is 0. The minimum atomic E-state index is -0.00771. The van der Waals surface area contributed by atoms with Crippen LogP contribution in [0.2, 0.25) is 0 Å². The maximum Gasteiger partial charge on any atom is 0.143 e. The molecule has 0 radical (unpaired) electrons. The zero-order valence-corrected chi connectivity index (χ0v) is 8.59. The van der Waals surface area contributed by atoms with Crippen LogP contribution >= 0.6 is 0 Å². The van der Waals surface area contributed by atoms with Crippen molar-refractivity contribution in [3.05, 3.63) is 24.0 Å². The van der Waals surface area contributed by atoms with Crippen LogP contribution in [0.5, 0.6) is 0 Å². The minimum Gasteiger partial charge on any atom is -0.409 e. The molecule has 4 N–H and O–H groups in total. The van der Waals surface area contributed by atoms with E-state index in [1.807, 2.05) is 19.1 Å². The van der Waals surface area contributed by atoms with E-state index in [2.05, 4.69) is 20.7 Å². The van der Waals surface area contributed by atoms with Gasteiger partial charge in [-0.15, -0.1) is 0 Å². The lowest BCUT2D eigenvalue weighted by molar-refractivity contribution is 0.314. The minimum absolute atomic E-state index is 0.00771. The predicted octanol–water partition coefficient (Wildman–Crippen LogP) is -0.0513. The molecule has 15 heavy (non-hydrogen) atoms. The summed E-state index contributed by atoms with van der Waals surface area (Å²) in [5.41, 5.74) is 6.29. The standard InChI is InChI=1S/C9H15N5O/c1-7(9(10)14-15)5-11-6-8-3-2-4-12-13-8/h2-4,7,11,15H,5-6H2,1H3,(H2,10,14). The average Bonchev–Trinajstić information content (AvgIpc) is 2.29. The molecule has 0 aliphatic heterocycles. The number of rotatable bonds is 5. The molecule has 1 atom stereocenters. The second-order valence-electron chi connectivity index (χ2n) is 3.27. The van der Waals surface area contributed by atoms with Crippen LogP contribution in [0, 0.1) is 5.92 Å². The average molecular weight is 209 g/mol. The maximum absolute atomic E-state index is 8.43. The Morgan fingerprint density at radius 2 is 2.53 bits per heavy atom. The largest absolute Gasteiger partial charge is 0.409 e. The van der Waals surface area contributed by atoms with Crippen LogP contribution in [0.4, 0.5) is 0 Å². The summed E-state index contributed by atoms with van der Waals surface area (Å²) in [6, 6.07) is 3.71.